The van der Waals surface area contributed by atoms with Gasteiger partial charge in [0.1, 0.15) is 12.0 Å². The Balaban J connectivity index is 0.00000147. The Morgan fingerprint density at radius 2 is 2.05 bits per heavy atom. The number of aromatic nitrogens is 3. The number of benzene rings is 1. The van der Waals surface area contributed by atoms with E-state index in [1.165, 1.54) is 0 Å². The van der Waals surface area contributed by atoms with Gasteiger partial charge in [-0.3, -0.25) is 0 Å². The van der Waals surface area contributed by atoms with Gasteiger partial charge in [0.25, 0.3) is 5.89 Å². The average Bonchev–Trinajstić information content (AvgIpc) is 3.05. The molecule has 0 aliphatic rings. The van der Waals surface area contributed by atoms with Gasteiger partial charge in [-0.1, -0.05) is 18.2 Å². The molecule has 1 atom stereocenters. The molecule has 0 radical (unpaired) electrons. The van der Waals surface area contributed by atoms with Crippen LogP contribution < -0.4 is 34.7 Å². The average molecular weight is 279 g/mol. The van der Waals surface area contributed by atoms with Crippen LogP contribution in [-0.4, -0.2) is 20.7 Å². The van der Waals surface area contributed by atoms with Crippen LogP contribution in [0.1, 0.15) is 29.5 Å². The zero-order valence-electron chi connectivity index (χ0n) is 11.1. The van der Waals surface area contributed by atoms with Gasteiger partial charge in [-0.15, -0.1) is 10.2 Å². The van der Waals surface area contributed by atoms with Gasteiger partial charge in [0.2, 0.25) is 5.89 Å². The summed E-state index contributed by atoms with van der Waals surface area (Å²) < 4.78 is 7.02. The van der Waals surface area contributed by atoms with Crippen LogP contribution in [-0.2, 0) is 0 Å². The van der Waals surface area contributed by atoms with E-state index in [9.17, 15) is 9.90 Å². The molecule has 6 nitrogen and oxygen atoms in total. The van der Waals surface area contributed by atoms with E-state index in [1.54, 1.807) is 0 Å². The number of hydrogen-bond donors (Lipinski definition) is 0. The van der Waals surface area contributed by atoms with Crippen LogP contribution in [0.2, 0.25) is 0 Å². The van der Waals surface area contributed by atoms with Crippen LogP contribution in [0.25, 0.3) is 10.9 Å². The van der Waals surface area contributed by atoms with Crippen molar-refractivity contribution in [1.82, 2.24) is 14.8 Å². The molecule has 96 valence electrons. The van der Waals surface area contributed by atoms with E-state index in [4.69, 9.17) is 4.42 Å². The third kappa shape index (κ3) is 2.49. The Hall–Kier alpha value is -1.63. The van der Waals surface area contributed by atoms with Gasteiger partial charge in [-0.2, -0.15) is 0 Å². The SMILES string of the molecule is CC(c1nnc(C(=O)[O-])o1)n1ccc2ccccc21.[Na+]. The van der Waals surface area contributed by atoms with E-state index in [0.29, 0.717) is 0 Å². The summed E-state index contributed by atoms with van der Waals surface area (Å²) >= 11 is 0. The Labute approximate surface area is 136 Å². The van der Waals surface area contributed by atoms with E-state index in [0.717, 1.165) is 10.9 Å². The Morgan fingerprint density at radius 1 is 1.30 bits per heavy atom. The third-order valence-electron chi connectivity index (χ3n) is 3.02. The van der Waals surface area contributed by atoms with Crippen molar-refractivity contribution in [2.45, 2.75) is 13.0 Å². The molecule has 7 heteroatoms. The molecule has 1 unspecified atom stereocenters. The number of rotatable bonds is 3. The van der Waals surface area contributed by atoms with Crippen molar-refractivity contribution in [3.8, 4) is 0 Å². The van der Waals surface area contributed by atoms with Crippen LogP contribution in [0.4, 0.5) is 0 Å². The first-order valence-electron chi connectivity index (χ1n) is 5.77. The molecule has 3 rings (SSSR count). The molecular formula is C13H10N3NaO3. The topological polar surface area (TPSA) is 84.0 Å². The van der Waals surface area contributed by atoms with Gasteiger partial charge < -0.3 is 18.9 Å². The molecule has 20 heavy (non-hydrogen) atoms. The monoisotopic (exact) mass is 279 g/mol. The summed E-state index contributed by atoms with van der Waals surface area (Å²) in [6.45, 7) is 1.86. The summed E-state index contributed by atoms with van der Waals surface area (Å²) in [4.78, 5) is 10.6. The maximum absolute atomic E-state index is 10.6. The third-order valence-corrected chi connectivity index (χ3v) is 3.02. The summed E-state index contributed by atoms with van der Waals surface area (Å²) in [5.41, 5.74) is 1.02. The minimum absolute atomic E-state index is 0. The summed E-state index contributed by atoms with van der Waals surface area (Å²) in [5, 5.41) is 18.9. The second-order valence-electron chi connectivity index (χ2n) is 4.19. The van der Waals surface area contributed by atoms with E-state index in [2.05, 4.69) is 10.2 Å². The number of para-hydroxylation sites is 1. The second-order valence-corrected chi connectivity index (χ2v) is 4.19. The second kappa shape index (κ2) is 5.78. The summed E-state index contributed by atoms with van der Waals surface area (Å²) in [7, 11) is 0. The number of aromatic carboxylic acids is 1. The van der Waals surface area contributed by atoms with Gasteiger partial charge in [0, 0.05) is 11.7 Å². The van der Waals surface area contributed by atoms with Crippen molar-refractivity contribution in [1.29, 1.82) is 0 Å². The van der Waals surface area contributed by atoms with Crippen molar-refractivity contribution < 1.29 is 43.9 Å². The van der Waals surface area contributed by atoms with E-state index >= 15 is 0 Å². The molecule has 3 aromatic rings. The van der Waals surface area contributed by atoms with E-state index < -0.39 is 11.9 Å². The Bertz CT molecular complexity index is 750. The van der Waals surface area contributed by atoms with E-state index in [-0.39, 0.29) is 41.5 Å². The zero-order valence-corrected chi connectivity index (χ0v) is 13.1. The van der Waals surface area contributed by atoms with E-state index in [1.807, 2.05) is 48.0 Å². The molecule has 2 aromatic heterocycles. The van der Waals surface area contributed by atoms with Gasteiger partial charge in [-0.05, 0) is 24.4 Å². The number of carboxylic acids is 1. The normalized spacial score (nSPS) is 12.1. The van der Waals surface area contributed by atoms with Gasteiger partial charge in [0.05, 0.1) is 0 Å². The Morgan fingerprint density at radius 3 is 2.75 bits per heavy atom. The summed E-state index contributed by atoms with van der Waals surface area (Å²) in [6, 6.07) is 9.59. The Kier molecular flexibility index (Phi) is 4.27. The first-order valence-corrected chi connectivity index (χ1v) is 5.77. The predicted molar refractivity (Wildman–Crippen MR) is 64.4 cm³/mol. The quantitative estimate of drug-likeness (QED) is 0.518. The first-order chi connectivity index (χ1) is 9.16. The fourth-order valence-electron chi connectivity index (χ4n) is 2.05. The van der Waals surface area contributed by atoms with Crippen LogP contribution in [0.3, 0.4) is 0 Å². The molecule has 0 spiro atoms. The fourth-order valence-corrected chi connectivity index (χ4v) is 2.05. The van der Waals surface area contributed by atoms with Crippen LogP contribution in [0.5, 0.6) is 0 Å². The summed E-state index contributed by atoms with van der Waals surface area (Å²) in [6.07, 6.45) is 1.90. The molecule has 0 saturated heterocycles. The van der Waals surface area contributed by atoms with Crippen molar-refractivity contribution in [2.24, 2.45) is 0 Å². The van der Waals surface area contributed by atoms with Gasteiger partial charge in [-0.25, -0.2) is 0 Å². The van der Waals surface area contributed by atoms with Gasteiger partial charge >= 0.3 is 29.6 Å². The molecular weight excluding hydrogens is 269 g/mol. The molecule has 0 bridgehead atoms. The molecule has 2 heterocycles. The number of nitrogens with zero attached hydrogens (tertiary/aromatic N) is 3. The van der Waals surface area contributed by atoms with Crippen LogP contribution in [0, 0.1) is 0 Å². The minimum atomic E-state index is -1.47. The molecule has 0 N–H and O–H groups in total. The molecule has 0 aliphatic heterocycles. The van der Waals surface area contributed by atoms with Crippen molar-refractivity contribution in [2.75, 3.05) is 0 Å². The van der Waals surface area contributed by atoms with Crippen molar-refractivity contribution in [3.05, 3.63) is 48.3 Å². The van der Waals surface area contributed by atoms with Crippen LogP contribution in [0.15, 0.2) is 40.9 Å². The number of carboxylic acid groups (broad SMARTS) is 1. The minimum Gasteiger partial charge on any atom is -0.540 e. The molecule has 0 aliphatic carbocycles. The number of carbonyl (C=O) groups is 1. The predicted octanol–water partition coefficient (Wildman–Crippen LogP) is -2.00. The molecule has 1 aromatic carbocycles. The van der Waals surface area contributed by atoms with Crippen molar-refractivity contribution >= 4 is 16.9 Å². The standard InChI is InChI=1S/C13H11N3O3.Na/c1-8(11-14-15-12(19-11)13(17)18)16-7-6-9-4-2-3-5-10(9)16;/h2-8H,1H3,(H,17,18);/q;+1/p-1. The molecule has 0 amide bonds. The maximum atomic E-state index is 10.6. The first kappa shape index (κ1) is 14.8. The number of fused-ring (bicyclic) bond motifs is 1. The number of carbonyl (C=O) groups excluding carboxylic acids is 1. The number of hydrogen-bond acceptors (Lipinski definition) is 5. The maximum Gasteiger partial charge on any atom is 1.00 e. The smallest absolute Gasteiger partial charge is 0.540 e. The van der Waals surface area contributed by atoms with Gasteiger partial charge in [0.15, 0.2) is 0 Å². The zero-order chi connectivity index (χ0) is 13.4. The van der Waals surface area contributed by atoms with Crippen molar-refractivity contribution in [3.63, 3.8) is 0 Å². The van der Waals surface area contributed by atoms with Crippen LogP contribution >= 0.6 is 0 Å². The molecule has 0 fully saturated rings. The molecule has 0 saturated carbocycles. The largest absolute Gasteiger partial charge is 1.00 e. The summed E-state index contributed by atoms with van der Waals surface area (Å²) in [5.74, 6) is -1.73. The fraction of sp³-hybridized carbons (Fsp3) is 0.154.